The number of aromatic nitrogens is 3. The van der Waals surface area contributed by atoms with Crippen molar-refractivity contribution in [2.45, 2.75) is 32.3 Å². The van der Waals surface area contributed by atoms with Crippen LogP contribution in [-0.4, -0.2) is 26.4 Å². The van der Waals surface area contributed by atoms with Gasteiger partial charge in [0.1, 0.15) is 5.82 Å². The number of nitrogens with zero attached hydrogens (tertiary/aromatic N) is 4. The zero-order valence-corrected chi connectivity index (χ0v) is 19.2. The van der Waals surface area contributed by atoms with Gasteiger partial charge in [-0.1, -0.05) is 23.4 Å². The van der Waals surface area contributed by atoms with Gasteiger partial charge >= 0.3 is 0 Å². The van der Waals surface area contributed by atoms with E-state index in [0.717, 1.165) is 22.5 Å². The van der Waals surface area contributed by atoms with Crippen molar-refractivity contribution >= 4 is 11.5 Å². The van der Waals surface area contributed by atoms with E-state index in [4.69, 9.17) is 4.84 Å². The molecule has 5 rings (SSSR count). The molecule has 1 aliphatic heterocycles. The van der Waals surface area contributed by atoms with Crippen LogP contribution in [0.4, 0.5) is 4.39 Å². The average molecular weight is 467 g/mol. The zero-order chi connectivity index (χ0) is 24.2. The molecule has 7 heteroatoms. The van der Waals surface area contributed by atoms with E-state index in [9.17, 15) is 9.18 Å². The molecule has 1 unspecified atom stereocenters. The Morgan fingerprint density at radius 2 is 1.91 bits per heavy atom. The van der Waals surface area contributed by atoms with Crippen molar-refractivity contribution < 1.29 is 14.0 Å². The number of halogens is 1. The number of carbonyl (C=O) groups excluding carboxylic acids is 1. The van der Waals surface area contributed by atoms with Crippen LogP contribution < -0.4 is 0 Å². The van der Waals surface area contributed by atoms with Crippen molar-refractivity contribution in [2.75, 3.05) is 0 Å². The van der Waals surface area contributed by atoms with E-state index in [-0.39, 0.29) is 24.1 Å². The molecular formula is C28H23FN4O2. The maximum atomic E-state index is 14.9. The lowest BCUT2D eigenvalue weighted by Crippen LogP contribution is -2.07. The molecule has 0 bridgehead atoms. The standard InChI is InChI=1S/C28H23FN4O2/c1-18-5-7-23(24(29)12-18)19-13-20(26-16-28(35-33-26)25-4-2-3-9-32-25)15-21(14-19)27(34)8-6-22-17-30-10-11-31-22/h2-5,7,9-15,17,28H,6,8,16H2,1H3. The Morgan fingerprint density at radius 3 is 2.69 bits per heavy atom. The van der Waals surface area contributed by atoms with Gasteiger partial charge in [-0.2, -0.15) is 0 Å². The number of hydrogen-bond acceptors (Lipinski definition) is 6. The molecule has 35 heavy (non-hydrogen) atoms. The third kappa shape index (κ3) is 5.14. The van der Waals surface area contributed by atoms with Gasteiger partial charge in [0.05, 0.1) is 17.1 Å². The smallest absolute Gasteiger partial charge is 0.174 e. The monoisotopic (exact) mass is 466 g/mol. The Morgan fingerprint density at radius 1 is 1.03 bits per heavy atom. The molecule has 0 saturated carbocycles. The summed E-state index contributed by atoms with van der Waals surface area (Å²) in [4.78, 5) is 31.5. The number of rotatable bonds is 7. The molecule has 2 aromatic carbocycles. The molecule has 6 nitrogen and oxygen atoms in total. The van der Waals surface area contributed by atoms with Crippen LogP contribution in [0, 0.1) is 12.7 Å². The maximum Gasteiger partial charge on any atom is 0.174 e. The number of pyridine rings is 1. The lowest BCUT2D eigenvalue weighted by Gasteiger charge is -2.11. The second-order valence-corrected chi connectivity index (χ2v) is 8.49. The number of oxime groups is 1. The van der Waals surface area contributed by atoms with E-state index >= 15 is 0 Å². The molecular weight excluding hydrogens is 443 g/mol. The van der Waals surface area contributed by atoms with Gasteiger partial charge < -0.3 is 4.84 Å². The number of benzene rings is 2. The quantitative estimate of drug-likeness (QED) is 0.328. The highest BCUT2D eigenvalue weighted by Crippen LogP contribution is 2.32. The summed E-state index contributed by atoms with van der Waals surface area (Å²) in [6, 6.07) is 16.1. The highest BCUT2D eigenvalue weighted by atomic mass is 19.1. The van der Waals surface area contributed by atoms with Crippen LogP contribution >= 0.6 is 0 Å². The molecule has 3 heterocycles. The van der Waals surface area contributed by atoms with E-state index in [0.29, 0.717) is 35.2 Å². The molecule has 0 radical (unpaired) electrons. The molecule has 174 valence electrons. The number of carbonyl (C=O) groups is 1. The molecule has 0 N–H and O–H groups in total. The Labute approximate surface area is 202 Å². The first kappa shape index (κ1) is 22.5. The van der Waals surface area contributed by atoms with Crippen molar-refractivity contribution in [1.29, 1.82) is 0 Å². The van der Waals surface area contributed by atoms with Crippen LogP contribution in [0.1, 0.15) is 51.8 Å². The van der Waals surface area contributed by atoms with Crippen LogP contribution in [0.3, 0.4) is 0 Å². The number of ketones is 1. The summed E-state index contributed by atoms with van der Waals surface area (Å²) in [5.41, 5.74) is 5.32. The summed E-state index contributed by atoms with van der Waals surface area (Å²) in [5.74, 6) is -0.400. The maximum absolute atomic E-state index is 14.9. The predicted octanol–water partition coefficient (Wildman–Crippen LogP) is 5.67. The summed E-state index contributed by atoms with van der Waals surface area (Å²) in [5, 5.41) is 4.28. The average Bonchev–Trinajstić information content (AvgIpc) is 3.39. The van der Waals surface area contributed by atoms with E-state index in [2.05, 4.69) is 20.1 Å². The van der Waals surface area contributed by atoms with E-state index in [1.54, 1.807) is 43.0 Å². The summed E-state index contributed by atoms with van der Waals surface area (Å²) in [6.45, 7) is 1.84. The summed E-state index contributed by atoms with van der Waals surface area (Å²) < 4.78 is 14.9. The fourth-order valence-corrected chi connectivity index (χ4v) is 4.08. The molecule has 0 aliphatic carbocycles. The van der Waals surface area contributed by atoms with Gasteiger partial charge in [-0.15, -0.1) is 0 Å². The van der Waals surface area contributed by atoms with Gasteiger partial charge in [0.25, 0.3) is 0 Å². The minimum absolute atomic E-state index is 0.0629. The predicted molar refractivity (Wildman–Crippen MR) is 130 cm³/mol. The Hall–Kier alpha value is -4.26. The van der Waals surface area contributed by atoms with E-state index < -0.39 is 0 Å². The molecule has 4 aromatic rings. The van der Waals surface area contributed by atoms with Crippen LogP contribution in [0.5, 0.6) is 0 Å². The van der Waals surface area contributed by atoms with Gasteiger partial charge in [-0.25, -0.2) is 4.39 Å². The van der Waals surface area contributed by atoms with Crippen molar-refractivity contribution in [3.05, 3.63) is 113 Å². The molecule has 2 aromatic heterocycles. The minimum Gasteiger partial charge on any atom is -0.385 e. The topological polar surface area (TPSA) is 77.3 Å². The van der Waals surface area contributed by atoms with E-state index in [1.807, 2.05) is 37.3 Å². The van der Waals surface area contributed by atoms with Crippen molar-refractivity contribution in [3.8, 4) is 11.1 Å². The van der Waals surface area contributed by atoms with Crippen molar-refractivity contribution in [2.24, 2.45) is 5.16 Å². The van der Waals surface area contributed by atoms with Crippen LogP contribution in [-0.2, 0) is 11.3 Å². The summed E-state index contributed by atoms with van der Waals surface area (Å²) in [7, 11) is 0. The lowest BCUT2D eigenvalue weighted by atomic mass is 9.92. The second-order valence-electron chi connectivity index (χ2n) is 8.49. The first-order chi connectivity index (χ1) is 17.1. The fourth-order valence-electron chi connectivity index (χ4n) is 4.08. The molecule has 0 spiro atoms. The molecule has 0 amide bonds. The normalized spacial score (nSPS) is 14.9. The van der Waals surface area contributed by atoms with Crippen LogP contribution in [0.2, 0.25) is 0 Å². The first-order valence-electron chi connectivity index (χ1n) is 11.4. The Balaban J connectivity index is 1.47. The number of aryl methyl sites for hydroxylation is 2. The van der Waals surface area contributed by atoms with Crippen molar-refractivity contribution in [3.63, 3.8) is 0 Å². The van der Waals surface area contributed by atoms with Gasteiger partial charge in [0, 0.05) is 54.3 Å². The van der Waals surface area contributed by atoms with Gasteiger partial charge in [-0.3, -0.25) is 19.7 Å². The lowest BCUT2D eigenvalue weighted by molar-refractivity contribution is 0.0826. The molecule has 1 aliphatic rings. The molecule has 1 atom stereocenters. The van der Waals surface area contributed by atoms with Crippen LogP contribution in [0.25, 0.3) is 11.1 Å². The minimum atomic E-state index is -0.337. The second kappa shape index (κ2) is 9.93. The van der Waals surface area contributed by atoms with Gasteiger partial charge in [0.2, 0.25) is 0 Å². The van der Waals surface area contributed by atoms with Crippen molar-refractivity contribution in [1.82, 2.24) is 15.0 Å². The van der Waals surface area contributed by atoms with Gasteiger partial charge in [-0.05, 0) is 60.9 Å². The third-order valence-electron chi connectivity index (χ3n) is 5.94. The largest absolute Gasteiger partial charge is 0.385 e. The molecule has 0 fully saturated rings. The fraction of sp³-hybridized carbons (Fsp3) is 0.179. The first-order valence-corrected chi connectivity index (χ1v) is 11.4. The number of Topliss-reactive ketones (excluding diaryl/α,β-unsaturated/α-hetero) is 1. The molecule has 0 saturated heterocycles. The van der Waals surface area contributed by atoms with Gasteiger partial charge in [0.15, 0.2) is 11.9 Å². The van der Waals surface area contributed by atoms with E-state index in [1.165, 1.54) is 6.07 Å². The highest BCUT2D eigenvalue weighted by Gasteiger charge is 2.26. The Bertz CT molecular complexity index is 1390. The van der Waals surface area contributed by atoms with Crippen LogP contribution in [0.15, 0.2) is 84.5 Å². The third-order valence-corrected chi connectivity index (χ3v) is 5.94. The highest BCUT2D eigenvalue weighted by molar-refractivity contribution is 6.05. The summed E-state index contributed by atoms with van der Waals surface area (Å²) >= 11 is 0. The SMILES string of the molecule is Cc1ccc(-c2cc(C(=O)CCc3cnccn3)cc(C3=NOC(c4ccccn4)C3)c2)c(F)c1. The summed E-state index contributed by atoms with van der Waals surface area (Å²) in [6.07, 6.45) is 7.50. The number of hydrogen-bond donors (Lipinski definition) is 0. The Kier molecular flexibility index (Phi) is 6.39. The zero-order valence-electron chi connectivity index (χ0n) is 19.2.